The summed E-state index contributed by atoms with van der Waals surface area (Å²) in [6, 6.07) is 27.8. The molecule has 0 bridgehead atoms. The van der Waals surface area contributed by atoms with Crippen molar-refractivity contribution in [1.82, 2.24) is 4.98 Å². The number of rotatable bonds is 3. The van der Waals surface area contributed by atoms with Crippen LogP contribution in [0.25, 0.3) is 42.6 Å². The Morgan fingerprint density at radius 3 is 2.39 bits per heavy atom. The van der Waals surface area contributed by atoms with Crippen molar-refractivity contribution < 1.29 is 1.37 Å². The van der Waals surface area contributed by atoms with Crippen molar-refractivity contribution in [2.75, 3.05) is 0 Å². The average molecular weight is 381 g/mol. The normalized spacial score (nSPS) is 12.4. The number of benzene rings is 3. The molecule has 0 aliphatic heterocycles. The maximum absolute atomic E-state index is 8.30. The van der Waals surface area contributed by atoms with Gasteiger partial charge in [0.15, 0.2) is 0 Å². The van der Waals surface area contributed by atoms with E-state index in [0.29, 0.717) is 0 Å². The Kier molecular flexibility index (Phi) is 3.94. The van der Waals surface area contributed by atoms with Crippen LogP contribution in [0, 0.1) is 0 Å². The van der Waals surface area contributed by atoms with Gasteiger partial charge >= 0.3 is 0 Å². The lowest BCUT2D eigenvalue weighted by Gasteiger charge is -2.07. The van der Waals surface area contributed by atoms with Gasteiger partial charge in [0.1, 0.15) is 0 Å². The third-order valence-electron chi connectivity index (χ3n) is 5.21. The van der Waals surface area contributed by atoms with Gasteiger partial charge in [-0.2, -0.15) is 0 Å². The largest absolute Gasteiger partial charge is 0.256 e. The van der Waals surface area contributed by atoms with Gasteiger partial charge in [-0.15, -0.1) is 11.3 Å². The Morgan fingerprint density at radius 2 is 1.57 bits per heavy atom. The molecule has 0 radical (unpaired) electrons. The average Bonchev–Trinajstić information content (AvgIpc) is 3.11. The molecule has 0 atom stereocenters. The van der Waals surface area contributed by atoms with E-state index < -0.39 is 5.89 Å². The van der Waals surface area contributed by atoms with E-state index in [-0.39, 0.29) is 0 Å². The van der Waals surface area contributed by atoms with Gasteiger partial charge < -0.3 is 0 Å². The summed E-state index contributed by atoms with van der Waals surface area (Å²) in [5.41, 5.74) is 5.48. The molecule has 0 amide bonds. The summed E-state index contributed by atoms with van der Waals surface area (Å²) in [6.07, 6.45) is 1.81. The SMILES string of the molecule is [2H]C(C)(C)c1ccnc(-c2ccc3c(c2)sc2ccc(-c4ccccc4)cc23)c1. The number of pyridine rings is 1. The molecule has 28 heavy (non-hydrogen) atoms. The van der Waals surface area contributed by atoms with E-state index in [2.05, 4.69) is 71.7 Å². The predicted molar refractivity (Wildman–Crippen MR) is 122 cm³/mol. The summed E-state index contributed by atoms with van der Waals surface area (Å²) >= 11 is 1.82. The molecule has 0 saturated heterocycles. The fourth-order valence-corrected chi connectivity index (χ4v) is 4.77. The summed E-state index contributed by atoms with van der Waals surface area (Å²) in [4.78, 5) is 4.56. The van der Waals surface area contributed by atoms with Crippen molar-refractivity contribution in [3.05, 3.63) is 90.6 Å². The maximum Gasteiger partial charge on any atom is 0.0705 e. The number of thiophene rings is 1. The highest BCUT2D eigenvalue weighted by molar-refractivity contribution is 7.25. The predicted octanol–water partition coefficient (Wildman–Crippen LogP) is 7.91. The molecular formula is C26H21NS. The van der Waals surface area contributed by atoms with Crippen LogP contribution >= 0.6 is 11.3 Å². The first-order chi connectivity index (χ1) is 14.0. The second-order valence-electron chi connectivity index (χ2n) is 7.32. The quantitative estimate of drug-likeness (QED) is 0.310. The van der Waals surface area contributed by atoms with Crippen LogP contribution in [0.1, 0.15) is 26.7 Å². The van der Waals surface area contributed by atoms with E-state index in [4.69, 9.17) is 1.37 Å². The van der Waals surface area contributed by atoms with Crippen molar-refractivity contribution in [3.63, 3.8) is 0 Å². The second kappa shape index (κ2) is 6.88. The van der Waals surface area contributed by atoms with E-state index in [1.165, 1.54) is 31.3 Å². The van der Waals surface area contributed by atoms with Gasteiger partial charge in [0, 0.05) is 33.3 Å². The molecule has 0 fully saturated rings. The number of nitrogens with zero attached hydrogens (tertiary/aromatic N) is 1. The van der Waals surface area contributed by atoms with Gasteiger partial charge in [-0.05, 0) is 52.9 Å². The molecule has 5 aromatic rings. The standard InChI is InChI=1S/C26H21NS/c1-17(2)19-12-13-27-24(15-19)21-8-10-22-23-14-20(18-6-4-3-5-7-18)9-11-25(23)28-26(22)16-21/h3-17H,1-2H3/i17D. The van der Waals surface area contributed by atoms with E-state index >= 15 is 0 Å². The monoisotopic (exact) mass is 380 g/mol. The zero-order chi connectivity index (χ0) is 20.0. The lowest BCUT2D eigenvalue weighted by molar-refractivity contribution is 0.864. The van der Waals surface area contributed by atoms with Crippen LogP contribution < -0.4 is 0 Å². The topological polar surface area (TPSA) is 12.9 Å². The van der Waals surface area contributed by atoms with Gasteiger partial charge in [0.25, 0.3) is 0 Å². The molecular weight excluding hydrogens is 358 g/mol. The van der Waals surface area contributed by atoms with Crippen LogP contribution in [-0.2, 0) is 0 Å². The minimum absolute atomic E-state index is 0.632. The van der Waals surface area contributed by atoms with E-state index in [0.717, 1.165) is 16.8 Å². The molecule has 136 valence electrons. The molecule has 0 aliphatic carbocycles. The second-order valence-corrected chi connectivity index (χ2v) is 8.40. The van der Waals surface area contributed by atoms with Crippen molar-refractivity contribution in [2.24, 2.45) is 0 Å². The van der Waals surface area contributed by atoms with Crippen LogP contribution in [0.3, 0.4) is 0 Å². The highest BCUT2D eigenvalue weighted by atomic mass is 32.1. The first-order valence-electron chi connectivity index (χ1n) is 9.98. The lowest BCUT2D eigenvalue weighted by atomic mass is 10.0. The van der Waals surface area contributed by atoms with Gasteiger partial charge in [0.2, 0.25) is 0 Å². The first kappa shape index (κ1) is 16.0. The lowest BCUT2D eigenvalue weighted by Crippen LogP contribution is -1.90. The highest BCUT2D eigenvalue weighted by Crippen LogP contribution is 2.38. The smallest absolute Gasteiger partial charge is 0.0705 e. The summed E-state index contributed by atoms with van der Waals surface area (Å²) in [7, 11) is 0. The molecule has 2 heteroatoms. The van der Waals surface area contributed by atoms with Crippen molar-refractivity contribution in [3.8, 4) is 22.4 Å². The third kappa shape index (κ3) is 3.00. The number of fused-ring (bicyclic) bond motifs is 3. The third-order valence-corrected chi connectivity index (χ3v) is 6.35. The zero-order valence-electron chi connectivity index (χ0n) is 16.9. The zero-order valence-corrected chi connectivity index (χ0v) is 16.8. The molecule has 0 N–H and O–H groups in total. The molecule has 0 unspecified atom stereocenters. The van der Waals surface area contributed by atoms with Gasteiger partial charge in [0.05, 0.1) is 5.69 Å². The Labute approximate surface area is 170 Å². The van der Waals surface area contributed by atoms with Crippen LogP contribution in [0.4, 0.5) is 0 Å². The Bertz CT molecular complexity index is 1330. The minimum atomic E-state index is -0.632. The molecule has 2 aromatic heterocycles. The van der Waals surface area contributed by atoms with Gasteiger partial charge in [-0.25, -0.2) is 0 Å². The highest BCUT2D eigenvalue weighted by Gasteiger charge is 2.10. The van der Waals surface area contributed by atoms with Crippen LogP contribution in [-0.4, -0.2) is 4.98 Å². The molecule has 0 aliphatic rings. The van der Waals surface area contributed by atoms with E-state index in [1.54, 1.807) is 0 Å². The summed E-state index contributed by atoms with van der Waals surface area (Å²) in [5.74, 6) is -0.632. The molecule has 3 aromatic carbocycles. The van der Waals surface area contributed by atoms with Crippen LogP contribution in [0.5, 0.6) is 0 Å². The van der Waals surface area contributed by atoms with Crippen molar-refractivity contribution >= 4 is 31.5 Å². The van der Waals surface area contributed by atoms with Crippen LogP contribution in [0.15, 0.2) is 85.1 Å². The fraction of sp³-hybridized carbons (Fsp3) is 0.115. The number of aromatic nitrogens is 1. The summed E-state index contributed by atoms with van der Waals surface area (Å²) in [6.45, 7) is 3.82. The Balaban J connectivity index is 1.62. The molecule has 1 nitrogen and oxygen atoms in total. The maximum atomic E-state index is 8.30. The summed E-state index contributed by atoms with van der Waals surface area (Å²) < 4.78 is 10.9. The molecule has 5 rings (SSSR count). The van der Waals surface area contributed by atoms with Crippen LogP contribution in [0.2, 0.25) is 0 Å². The first-order valence-corrected chi connectivity index (χ1v) is 10.3. The molecule has 0 saturated carbocycles. The van der Waals surface area contributed by atoms with Crippen molar-refractivity contribution in [2.45, 2.75) is 19.7 Å². The summed E-state index contributed by atoms with van der Waals surface area (Å²) in [5, 5.41) is 2.58. The molecule has 0 spiro atoms. The van der Waals surface area contributed by atoms with E-state index in [1.807, 2.05) is 43.5 Å². The van der Waals surface area contributed by atoms with Gasteiger partial charge in [-0.3, -0.25) is 4.98 Å². The van der Waals surface area contributed by atoms with E-state index in [9.17, 15) is 0 Å². The molecule has 2 heterocycles. The number of hydrogen-bond acceptors (Lipinski definition) is 2. The fourth-order valence-electron chi connectivity index (χ4n) is 3.65. The minimum Gasteiger partial charge on any atom is -0.256 e. The number of hydrogen-bond donors (Lipinski definition) is 0. The van der Waals surface area contributed by atoms with Crippen molar-refractivity contribution in [1.29, 1.82) is 0 Å². The Morgan fingerprint density at radius 1 is 0.750 bits per heavy atom. The van der Waals surface area contributed by atoms with Gasteiger partial charge in [-0.1, -0.05) is 62.4 Å². The Hall–Kier alpha value is -2.97.